The minimum Gasteiger partial charge on any atom is -0.352 e. The molecule has 2 rings (SSSR count). The zero-order valence-electron chi connectivity index (χ0n) is 21.1. The van der Waals surface area contributed by atoms with Crippen molar-refractivity contribution in [3.05, 3.63) is 28.6 Å². The van der Waals surface area contributed by atoms with Crippen LogP contribution in [-0.4, -0.2) is 90.3 Å². The Morgan fingerprint density at radius 3 is 2.66 bits per heavy atom. The van der Waals surface area contributed by atoms with E-state index in [0.717, 1.165) is 67.0 Å². The Kier molecular flexibility index (Phi) is 8.81. The number of hydrogen-bond donors (Lipinski definition) is 1. The summed E-state index contributed by atoms with van der Waals surface area (Å²) in [6.07, 6.45) is 4.76. The molecular formula is C23H43N7O2+2. The number of unbranched alkanes of at least 4 members (excludes halogenated alkanes) is 1. The highest BCUT2D eigenvalue weighted by atomic mass is 16.3. The van der Waals surface area contributed by atoms with Crippen LogP contribution in [0.15, 0.2) is 28.8 Å². The van der Waals surface area contributed by atoms with E-state index in [1.54, 1.807) is 7.05 Å². The van der Waals surface area contributed by atoms with Crippen molar-refractivity contribution in [2.45, 2.75) is 58.5 Å². The van der Waals surface area contributed by atoms with Gasteiger partial charge in [-0.15, -0.1) is 0 Å². The number of nitrogens with one attached hydrogen (secondary N) is 1. The highest BCUT2D eigenvalue weighted by molar-refractivity contribution is 5.78. The van der Waals surface area contributed by atoms with E-state index in [9.17, 15) is 9.70 Å². The standard InChI is InChI=1S/C23H42N7O2/c1-9-11-12-19(10-2)21(31)24-15-18(3)16-25-29(8)26(5)14-13-20-22(28(7)32)27(6)23(4)17-30(20)23/h19H,3,9-17H2,1-2,4-8H3/q+1/p+1. The van der Waals surface area contributed by atoms with Crippen molar-refractivity contribution >= 4 is 5.91 Å². The zero-order valence-corrected chi connectivity index (χ0v) is 21.1. The lowest BCUT2D eigenvalue weighted by Crippen LogP contribution is -2.33. The number of amides is 1. The second kappa shape index (κ2) is 10.9. The minimum atomic E-state index is -0.0479. The number of nitroso groups, excluding NO2 is 1. The van der Waals surface area contributed by atoms with Gasteiger partial charge in [0.05, 0.1) is 27.2 Å². The Morgan fingerprint density at radius 1 is 1.38 bits per heavy atom. The van der Waals surface area contributed by atoms with E-state index < -0.39 is 0 Å². The number of carbonyl (C=O) groups is 1. The second-order valence-corrected chi connectivity index (χ2v) is 9.27. The molecule has 0 aromatic heterocycles. The van der Waals surface area contributed by atoms with Crippen LogP contribution in [0.5, 0.6) is 0 Å². The normalized spacial score (nSPS) is 20.9. The van der Waals surface area contributed by atoms with Crippen molar-refractivity contribution in [1.29, 1.82) is 0 Å². The molecule has 1 saturated heterocycles. The summed E-state index contributed by atoms with van der Waals surface area (Å²) >= 11 is 0. The van der Waals surface area contributed by atoms with Gasteiger partial charge in [0.1, 0.15) is 19.3 Å². The maximum Gasteiger partial charge on any atom is 0.336 e. The van der Waals surface area contributed by atoms with Crippen molar-refractivity contribution < 1.29 is 14.4 Å². The summed E-state index contributed by atoms with van der Waals surface area (Å²) in [5, 5.41) is 9.61. The van der Waals surface area contributed by atoms with Crippen LogP contribution in [0.25, 0.3) is 0 Å². The first kappa shape index (κ1) is 25.8. The van der Waals surface area contributed by atoms with Crippen LogP contribution in [0.3, 0.4) is 0 Å². The molecule has 0 aromatic carbocycles. The van der Waals surface area contributed by atoms with Gasteiger partial charge < -0.3 is 10.2 Å². The number of azo groups is 1. The summed E-state index contributed by atoms with van der Waals surface area (Å²) in [6, 6.07) is 0. The highest BCUT2D eigenvalue weighted by Gasteiger charge is 2.65. The van der Waals surface area contributed by atoms with Gasteiger partial charge in [0, 0.05) is 25.8 Å². The maximum atomic E-state index is 12.4. The van der Waals surface area contributed by atoms with Crippen LogP contribution in [0.2, 0.25) is 0 Å². The first-order valence-electron chi connectivity index (χ1n) is 11.8. The average Bonchev–Trinajstić information content (AvgIpc) is 3.39. The van der Waals surface area contributed by atoms with Gasteiger partial charge in [0.2, 0.25) is 5.91 Å². The van der Waals surface area contributed by atoms with Crippen LogP contribution < -0.4 is 5.32 Å². The first-order valence-corrected chi connectivity index (χ1v) is 11.8. The van der Waals surface area contributed by atoms with Crippen molar-refractivity contribution in [2.75, 3.05) is 54.4 Å². The van der Waals surface area contributed by atoms with Crippen LogP contribution in [0.4, 0.5) is 0 Å². The van der Waals surface area contributed by atoms with E-state index in [0.29, 0.717) is 13.1 Å². The zero-order chi connectivity index (χ0) is 24.1. The van der Waals surface area contributed by atoms with Gasteiger partial charge >= 0.3 is 5.82 Å². The third kappa shape index (κ3) is 5.86. The van der Waals surface area contributed by atoms with E-state index in [1.807, 2.05) is 31.0 Å². The number of rotatable bonds is 14. The van der Waals surface area contributed by atoms with Gasteiger partial charge in [-0.3, -0.25) is 4.79 Å². The van der Waals surface area contributed by atoms with Crippen LogP contribution >= 0.6 is 0 Å². The van der Waals surface area contributed by atoms with Gasteiger partial charge in [-0.25, -0.2) is 4.90 Å². The van der Waals surface area contributed by atoms with Crippen LogP contribution in [-0.2, 0) is 4.79 Å². The molecule has 2 atom stereocenters. The predicted octanol–water partition coefficient (Wildman–Crippen LogP) is 2.76. The van der Waals surface area contributed by atoms with Crippen LogP contribution in [0.1, 0.15) is 52.9 Å². The summed E-state index contributed by atoms with van der Waals surface area (Å²) in [6.45, 7) is 13.0. The third-order valence-electron chi connectivity index (χ3n) is 6.81. The Balaban J connectivity index is 1.81. The molecule has 2 heterocycles. The summed E-state index contributed by atoms with van der Waals surface area (Å²) < 4.78 is 0.963. The fourth-order valence-electron chi connectivity index (χ4n) is 4.23. The van der Waals surface area contributed by atoms with E-state index in [-0.39, 0.29) is 17.5 Å². The number of hydrazine groups is 1. The highest BCUT2D eigenvalue weighted by Crippen LogP contribution is 2.48. The summed E-state index contributed by atoms with van der Waals surface area (Å²) in [7, 11) is 7.43. The van der Waals surface area contributed by atoms with E-state index in [4.69, 9.17) is 0 Å². The molecule has 9 heteroatoms. The maximum absolute atomic E-state index is 12.4. The molecule has 1 fully saturated rings. The lowest BCUT2D eigenvalue weighted by molar-refractivity contribution is -0.717. The van der Waals surface area contributed by atoms with Gasteiger partial charge in [-0.1, -0.05) is 38.2 Å². The van der Waals surface area contributed by atoms with Gasteiger partial charge in [-0.05, 0) is 33.1 Å². The second-order valence-electron chi connectivity index (χ2n) is 9.27. The van der Waals surface area contributed by atoms with Gasteiger partial charge in [0.15, 0.2) is 12.7 Å². The average molecular weight is 450 g/mol. The van der Waals surface area contributed by atoms with Crippen molar-refractivity contribution in [2.24, 2.45) is 11.0 Å². The molecule has 1 N–H and O–H groups in total. The number of fused-ring (bicyclic) bond motifs is 1. The summed E-state index contributed by atoms with van der Waals surface area (Å²) in [4.78, 5) is 30.6. The molecule has 0 aliphatic carbocycles. The Bertz CT molecular complexity index is 791. The molecule has 32 heavy (non-hydrogen) atoms. The number of likely N-dealkylation sites (N-methyl/N-ethyl adjacent to an activating group) is 1. The van der Waals surface area contributed by atoms with E-state index >= 15 is 0 Å². The van der Waals surface area contributed by atoms with Gasteiger partial charge in [-0.2, -0.15) is 5.01 Å². The Labute approximate surface area is 193 Å². The molecule has 1 amide bonds. The third-order valence-corrected chi connectivity index (χ3v) is 6.81. The number of nitrogens with zero attached hydrogens (tertiary/aromatic N) is 6. The van der Waals surface area contributed by atoms with Crippen molar-refractivity contribution in [1.82, 2.24) is 20.1 Å². The smallest absolute Gasteiger partial charge is 0.336 e. The molecule has 0 radical (unpaired) electrons. The van der Waals surface area contributed by atoms with Gasteiger partial charge in [0.25, 0.3) is 0 Å². The van der Waals surface area contributed by atoms with Crippen molar-refractivity contribution in [3.8, 4) is 0 Å². The molecule has 0 bridgehead atoms. The number of carbonyl (C=O) groups excluding carboxylic acids is 1. The predicted molar refractivity (Wildman–Crippen MR) is 126 cm³/mol. The molecule has 2 aliphatic heterocycles. The topological polar surface area (TPSA) is 74.0 Å². The SMILES string of the molecule is C=C(CN=[N+](C)N(C)CCC1=C([N+](C)=O)N(C)C2(C)CN12)CNC(=O)C(CC)CCCC. The monoisotopic (exact) mass is 449 g/mol. The Morgan fingerprint density at radius 2 is 2.06 bits per heavy atom. The molecule has 2 unspecified atom stereocenters. The molecule has 0 saturated carbocycles. The molecule has 0 aromatic rings. The molecular weight excluding hydrogens is 406 g/mol. The van der Waals surface area contributed by atoms with E-state index in [2.05, 4.69) is 47.6 Å². The summed E-state index contributed by atoms with van der Waals surface area (Å²) in [5.41, 5.74) is 1.92. The van der Waals surface area contributed by atoms with E-state index in [1.165, 1.54) is 0 Å². The Hall–Kier alpha value is -2.45. The molecule has 9 nitrogen and oxygen atoms in total. The van der Waals surface area contributed by atoms with Crippen LogP contribution in [0, 0.1) is 10.8 Å². The lowest BCUT2D eigenvalue weighted by atomic mass is 9.98. The molecule has 2 aliphatic rings. The first-order chi connectivity index (χ1) is 15.1. The lowest BCUT2D eigenvalue weighted by Gasteiger charge is -2.15. The summed E-state index contributed by atoms with van der Waals surface area (Å²) in [5.74, 6) is 0.948. The fourth-order valence-corrected chi connectivity index (χ4v) is 4.23. The quantitative estimate of drug-likeness (QED) is 0.145. The number of hydrogen-bond acceptors (Lipinski definition) is 5. The minimum absolute atomic E-state index is 0.0479. The fraction of sp³-hybridized carbons (Fsp3) is 0.783. The molecule has 0 spiro atoms. The van der Waals surface area contributed by atoms with Crippen molar-refractivity contribution in [3.63, 3.8) is 0 Å². The molecule has 180 valence electrons. The largest absolute Gasteiger partial charge is 0.352 e.